The van der Waals surface area contributed by atoms with E-state index in [0.29, 0.717) is 11.3 Å². The van der Waals surface area contributed by atoms with Crippen molar-refractivity contribution in [2.45, 2.75) is 6.92 Å². The van der Waals surface area contributed by atoms with Crippen molar-refractivity contribution in [3.8, 4) is 5.75 Å². The number of hydrazine groups is 1. The Morgan fingerprint density at radius 3 is 2.52 bits per heavy atom. The molecular weight excluding hydrogens is 454 g/mol. The molecule has 2 amide bonds. The van der Waals surface area contributed by atoms with E-state index in [-0.39, 0.29) is 17.6 Å². The van der Waals surface area contributed by atoms with Crippen LogP contribution in [0.15, 0.2) is 65.1 Å². The van der Waals surface area contributed by atoms with Crippen LogP contribution in [0.3, 0.4) is 0 Å². The van der Waals surface area contributed by atoms with Gasteiger partial charge in [0.25, 0.3) is 11.8 Å². The molecule has 0 aliphatic heterocycles. The van der Waals surface area contributed by atoms with E-state index in [4.69, 9.17) is 17.0 Å². The molecule has 0 aliphatic carbocycles. The lowest BCUT2D eigenvalue weighted by molar-refractivity contribution is -0.121. The number of benzene rings is 3. The second-order valence-electron chi connectivity index (χ2n) is 6.16. The van der Waals surface area contributed by atoms with E-state index in [1.807, 2.05) is 49.4 Å². The number of halogens is 1. The molecule has 148 valence electrons. The smallest absolute Gasteiger partial charge is 0.269 e. The van der Waals surface area contributed by atoms with E-state index < -0.39 is 5.91 Å². The molecule has 8 heteroatoms. The van der Waals surface area contributed by atoms with Gasteiger partial charge in [0.1, 0.15) is 5.75 Å². The Bertz CT molecular complexity index is 1090. The first kappa shape index (κ1) is 20.8. The number of nitrogens with one attached hydrogen (secondary N) is 3. The van der Waals surface area contributed by atoms with Crippen molar-refractivity contribution in [2.75, 3.05) is 6.61 Å². The summed E-state index contributed by atoms with van der Waals surface area (Å²) in [5.74, 6) is -0.255. The van der Waals surface area contributed by atoms with E-state index in [1.54, 1.807) is 18.2 Å². The van der Waals surface area contributed by atoms with Crippen LogP contribution in [0.2, 0.25) is 0 Å². The number of fused-ring (bicyclic) bond motifs is 1. The largest absolute Gasteiger partial charge is 0.483 e. The summed E-state index contributed by atoms with van der Waals surface area (Å²) in [5.41, 5.74) is 6.31. The van der Waals surface area contributed by atoms with Crippen molar-refractivity contribution >= 4 is 55.8 Å². The van der Waals surface area contributed by atoms with Gasteiger partial charge in [0.15, 0.2) is 11.7 Å². The summed E-state index contributed by atoms with van der Waals surface area (Å²) in [6.07, 6.45) is 0. The molecule has 3 N–H and O–H groups in total. The van der Waals surface area contributed by atoms with E-state index in [1.165, 1.54) is 0 Å². The van der Waals surface area contributed by atoms with Crippen LogP contribution in [0, 0.1) is 6.92 Å². The highest BCUT2D eigenvalue weighted by Gasteiger charge is 2.11. The molecule has 0 radical (unpaired) electrons. The number of hydrogen-bond acceptors (Lipinski definition) is 4. The van der Waals surface area contributed by atoms with Crippen LogP contribution in [-0.4, -0.2) is 23.5 Å². The number of thiocarbonyl (C=S) groups is 1. The Kier molecular flexibility index (Phi) is 6.79. The quantitative estimate of drug-likeness (QED) is 0.399. The fourth-order valence-corrected chi connectivity index (χ4v) is 3.44. The van der Waals surface area contributed by atoms with Crippen molar-refractivity contribution in [1.82, 2.24) is 16.2 Å². The highest BCUT2D eigenvalue weighted by atomic mass is 79.9. The van der Waals surface area contributed by atoms with Gasteiger partial charge in [-0.15, -0.1) is 0 Å². The third-order valence-corrected chi connectivity index (χ3v) is 5.14. The van der Waals surface area contributed by atoms with Crippen LogP contribution in [0.1, 0.15) is 15.9 Å². The number of rotatable bonds is 4. The van der Waals surface area contributed by atoms with Gasteiger partial charge in [-0.25, -0.2) is 0 Å². The lowest BCUT2D eigenvalue weighted by atomic mass is 10.1. The van der Waals surface area contributed by atoms with Crippen molar-refractivity contribution in [2.24, 2.45) is 0 Å². The normalized spacial score (nSPS) is 10.3. The Morgan fingerprint density at radius 1 is 1.00 bits per heavy atom. The van der Waals surface area contributed by atoms with Gasteiger partial charge >= 0.3 is 0 Å². The standard InChI is InChI=1S/C21H18BrN3O3S/c1-13-6-2-4-8-15(13)20(27)24-25-21(29)23-18(26)12-28-17-11-10-14-7-3-5-9-16(14)19(17)22/h2-11H,12H2,1H3,(H,24,27)(H2,23,25,26,29). The van der Waals surface area contributed by atoms with Gasteiger partial charge in [-0.2, -0.15) is 0 Å². The Hall–Kier alpha value is -2.97. The maximum atomic E-state index is 12.1. The van der Waals surface area contributed by atoms with Crippen molar-refractivity contribution < 1.29 is 14.3 Å². The molecule has 3 rings (SSSR count). The molecule has 0 aliphatic rings. The topological polar surface area (TPSA) is 79.5 Å². The van der Waals surface area contributed by atoms with Gasteiger partial charge in [-0.3, -0.25) is 25.8 Å². The average molecular weight is 472 g/mol. The highest BCUT2D eigenvalue weighted by molar-refractivity contribution is 9.10. The monoisotopic (exact) mass is 471 g/mol. The summed E-state index contributed by atoms with van der Waals surface area (Å²) in [7, 11) is 0. The third-order valence-electron chi connectivity index (χ3n) is 4.12. The third kappa shape index (κ3) is 5.30. The zero-order valence-corrected chi connectivity index (χ0v) is 17.9. The van der Waals surface area contributed by atoms with Crippen LogP contribution < -0.4 is 20.9 Å². The summed E-state index contributed by atoms with van der Waals surface area (Å²) in [5, 5.41) is 4.47. The molecule has 0 unspecified atom stereocenters. The van der Waals surface area contributed by atoms with E-state index >= 15 is 0 Å². The minimum absolute atomic E-state index is 0.0295. The number of amides is 2. The van der Waals surface area contributed by atoms with Crippen LogP contribution >= 0.6 is 28.1 Å². The van der Waals surface area contributed by atoms with Gasteiger partial charge in [0.2, 0.25) is 0 Å². The molecule has 0 bridgehead atoms. The van der Waals surface area contributed by atoms with Gasteiger partial charge in [-0.1, -0.05) is 48.5 Å². The molecule has 0 aromatic heterocycles. The zero-order valence-electron chi connectivity index (χ0n) is 15.5. The summed E-state index contributed by atoms with van der Waals surface area (Å²) < 4.78 is 6.36. The first-order chi connectivity index (χ1) is 14.0. The maximum absolute atomic E-state index is 12.1. The number of ether oxygens (including phenoxy) is 1. The molecule has 3 aromatic carbocycles. The second-order valence-corrected chi connectivity index (χ2v) is 7.36. The number of carbonyl (C=O) groups is 2. The molecule has 0 saturated carbocycles. The lowest BCUT2D eigenvalue weighted by Crippen LogP contribution is -2.49. The average Bonchev–Trinajstić information content (AvgIpc) is 2.72. The van der Waals surface area contributed by atoms with Crippen molar-refractivity contribution in [3.05, 3.63) is 76.3 Å². The molecule has 3 aromatic rings. The molecule has 0 heterocycles. The first-order valence-electron chi connectivity index (χ1n) is 8.71. The van der Waals surface area contributed by atoms with E-state index in [2.05, 4.69) is 32.1 Å². The highest BCUT2D eigenvalue weighted by Crippen LogP contribution is 2.32. The Labute approximate surface area is 181 Å². The van der Waals surface area contributed by atoms with Crippen LogP contribution in [0.4, 0.5) is 0 Å². The van der Waals surface area contributed by atoms with E-state index in [0.717, 1.165) is 20.8 Å². The summed E-state index contributed by atoms with van der Waals surface area (Å²) >= 11 is 8.54. The van der Waals surface area contributed by atoms with Gasteiger partial charge in [0, 0.05) is 5.56 Å². The van der Waals surface area contributed by atoms with Crippen LogP contribution in [0.25, 0.3) is 10.8 Å². The molecule has 0 atom stereocenters. The molecule has 6 nitrogen and oxygen atoms in total. The predicted molar refractivity (Wildman–Crippen MR) is 120 cm³/mol. The minimum Gasteiger partial charge on any atom is -0.483 e. The summed E-state index contributed by atoms with van der Waals surface area (Å²) in [4.78, 5) is 24.2. The first-order valence-corrected chi connectivity index (χ1v) is 9.91. The Balaban J connectivity index is 1.49. The lowest BCUT2D eigenvalue weighted by Gasteiger charge is -2.13. The summed E-state index contributed by atoms with van der Waals surface area (Å²) in [6.45, 7) is 1.60. The summed E-state index contributed by atoms with van der Waals surface area (Å²) in [6, 6.07) is 18.7. The minimum atomic E-state index is -0.451. The number of hydrogen-bond donors (Lipinski definition) is 3. The van der Waals surface area contributed by atoms with Crippen molar-refractivity contribution in [1.29, 1.82) is 0 Å². The fourth-order valence-electron chi connectivity index (χ4n) is 2.67. The van der Waals surface area contributed by atoms with Crippen LogP contribution in [0.5, 0.6) is 5.75 Å². The van der Waals surface area contributed by atoms with Gasteiger partial charge in [0.05, 0.1) is 4.47 Å². The second kappa shape index (κ2) is 9.49. The SMILES string of the molecule is Cc1ccccc1C(=O)NNC(=S)NC(=O)COc1ccc2ccccc2c1Br. The molecular formula is C21H18BrN3O3S. The molecule has 0 fully saturated rings. The van der Waals surface area contributed by atoms with Gasteiger partial charge < -0.3 is 4.74 Å². The zero-order chi connectivity index (χ0) is 20.8. The molecule has 29 heavy (non-hydrogen) atoms. The number of carbonyl (C=O) groups excluding carboxylic acids is 2. The maximum Gasteiger partial charge on any atom is 0.269 e. The molecule has 0 spiro atoms. The predicted octanol–water partition coefficient (Wildman–Crippen LogP) is 3.63. The van der Waals surface area contributed by atoms with E-state index in [9.17, 15) is 9.59 Å². The number of aryl methyl sites for hydroxylation is 1. The molecule has 0 saturated heterocycles. The van der Waals surface area contributed by atoms with Crippen LogP contribution in [-0.2, 0) is 4.79 Å². The Morgan fingerprint density at radius 2 is 1.72 bits per heavy atom. The fraction of sp³-hybridized carbons (Fsp3) is 0.0952. The van der Waals surface area contributed by atoms with Crippen molar-refractivity contribution in [3.63, 3.8) is 0 Å². The van der Waals surface area contributed by atoms with Gasteiger partial charge in [-0.05, 0) is 63.5 Å².